The molecule has 1 aromatic carbocycles. The first-order valence-corrected chi connectivity index (χ1v) is 11.2. The van der Waals surface area contributed by atoms with E-state index in [1.165, 1.54) is 25.9 Å². The first-order valence-electron chi connectivity index (χ1n) is 9.73. The van der Waals surface area contributed by atoms with Crippen LogP contribution in [0.1, 0.15) is 31.7 Å². The van der Waals surface area contributed by atoms with Crippen molar-refractivity contribution in [2.24, 2.45) is 10.9 Å². The maximum absolute atomic E-state index is 12.1. The van der Waals surface area contributed by atoms with Crippen LogP contribution in [0.3, 0.4) is 0 Å². The predicted molar refractivity (Wildman–Crippen MR) is 112 cm³/mol. The number of guanidine groups is 1. The van der Waals surface area contributed by atoms with Crippen molar-refractivity contribution in [3.05, 3.63) is 35.9 Å². The Morgan fingerprint density at radius 1 is 1.19 bits per heavy atom. The van der Waals surface area contributed by atoms with Gasteiger partial charge in [-0.25, -0.2) is 0 Å². The molecule has 1 aromatic rings. The summed E-state index contributed by atoms with van der Waals surface area (Å²) in [5.41, 5.74) is 1.13. The van der Waals surface area contributed by atoms with Crippen LogP contribution in [0.2, 0.25) is 0 Å². The van der Waals surface area contributed by atoms with E-state index in [1.807, 2.05) is 30.3 Å². The molecule has 0 aromatic heterocycles. The van der Waals surface area contributed by atoms with Crippen molar-refractivity contribution in [1.29, 1.82) is 0 Å². The van der Waals surface area contributed by atoms with E-state index in [0.717, 1.165) is 37.0 Å². The molecule has 5 nitrogen and oxygen atoms in total. The Labute approximate surface area is 161 Å². The SMILES string of the molecule is CN=C(NCCCN1CCC(C)CC1)NCCS(=O)Cc1ccccc1. The molecular formula is C20H34N4OS. The Bertz CT molecular complexity index is 556. The lowest BCUT2D eigenvalue weighted by Crippen LogP contribution is -2.41. The van der Waals surface area contributed by atoms with Gasteiger partial charge in [0.25, 0.3) is 0 Å². The smallest absolute Gasteiger partial charge is 0.191 e. The summed E-state index contributed by atoms with van der Waals surface area (Å²) in [6.45, 7) is 7.56. The summed E-state index contributed by atoms with van der Waals surface area (Å²) in [7, 11) is 0.925. The zero-order valence-electron chi connectivity index (χ0n) is 16.2. The van der Waals surface area contributed by atoms with E-state index in [1.54, 1.807) is 7.05 Å². The quantitative estimate of drug-likeness (QED) is 0.393. The van der Waals surface area contributed by atoms with Crippen LogP contribution >= 0.6 is 0 Å². The zero-order chi connectivity index (χ0) is 18.6. The Morgan fingerprint density at radius 2 is 1.88 bits per heavy atom. The van der Waals surface area contributed by atoms with Crippen LogP contribution in [0.4, 0.5) is 0 Å². The van der Waals surface area contributed by atoms with E-state index in [4.69, 9.17) is 0 Å². The highest BCUT2D eigenvalue weighted by atomic mass is 32.2. The number of piperidine rings is 1. The molecule has 2 N–H and O–H groups in total. The van der Waals surface area contributed by atoms with Crippen molar-refractivity contribution in [2.45, 2.75) is 31.9 Å². The lowest BCUT2D eigenvalue weighted by atomic mass is 9.99. The highest BCUT2D eigenvalue weighted by molar-refractivity contribution is 7.84. The second-order valence-corrected chi connectivity index (χ2v) is 8.65. The zero-order valence-corrected chi connectivity index (χ0v) is 17.1. The molecule has 0 saturated carbocycles. The number of nitrogens with one attached hydrogen (secondary N) is 2. The van der Waals surface area contributed by atoms with E-state index in [2.05, 4.69) is 27.4 Å². The first-order chi connectivity index (χ1) is 12.7. The number of benzene rings is 1. The van der Waals surface area contributed by atoms with Gasteiger partial charge in [0.1, 0.15) is 0 Å². The fraction of sp³-hybridized carbons (Fsp3) is 0.650. The molecule has 0 bridgehead atoms. The summed E-state index contributed by atoms with van der Waals surface area (Å²) in [5, 5.41) is 6.62. The molecule has 1 aliphatic rings. The van der Waals surface area contributed by atoms with Crippen molar-refractivity contribution in [1.82, 2.24) is 15.5 Å². The van der Waals surface area contributed by atoms with E-state index >= 15 is 0 Å². The molecule has 0 aliphatic carbocycles. The van der Waals surface area contributed by atoms with Gasteiger partial charge in [-0.15, -0.1) is 0 Å². The van der Waals surface area contributed by atoms with Crippen molar-refractivity contribution in [3.8, 4) is 0 Å². The summed E-state index contributed by atoms with van der Waals surface area (Å²) in [6.07, 6.45) is 3.78. The van der Waals surface area contributed by atoms with E-state index in [0.29, 0.717) is 18.1 Å². The van der Waals surface area contributed by atoms with E-state index < -0.39 is 10.8 Å². The lowest BCUT2D eigenvalue weighted by Gasteiger charge is -2.30. The highest BCUT2D eigenvalue weighted by Crippen LogP contribution is 2.15. The molecule has 1 heterocycles. The minimum Gasteiger partial charge on any atom is -0.356 e. The number of rotatable bonds is 9. The third-order valence-electron chi connectivity index (χ3n) is 4.84. The standard InChI is InChI=1S/C20H34N4OS/c1-18-9-14-24(15-10-18)13-6-11-22-20(21-2)23-12-16-26(25)17-19-7-4-3-5-8-19/h3-5,7-8,18H,6,9-17H2,1-2H3,(H2,21,22,23). The second-order valence-electron chi connectivity index (χ2n) is 7.08. The summed E-state index contributed by atoms with van der Waals surface area (Å²) in [5.74, 6) is 2.93. The molecule has 1 atom stereocenters. The fourth-order valence-corrected chi connectivity index (χ4v) is 4.17. The first kappa shape index (κ1) is 20.9. The maximum atomic E-state index is 12.1. The number of likely N-dealkylation sites (tertiary alicyclic amines) is 1. The van der Waals surface area contributed by atoms with Gasteiger partial charge in [0, 0.05) is 42.4 Å². The molecule has 0 amide bonds. The molecule has 1 aliphatic heterocycles. The Kier molecular flexibility index (Phi) is 9.71. The molecule has 26 heavy (non-hydrogen) atoms. The number of hydrogen-bond acceptors (Lipinski definition) is 3. The molecule has 1 saturated heterocycles. The normalized spacial score (nSPS) is 17.8. The largest absolute Gasteiger partial charge is 0.356 e. The van der Waals surface area contributed by atoms with Gasteiger partial charge in [0.05, 0.1) is 0 Å². The fourth-order valence-electron chi connectivity index (χ4n) is 3.13. The third kappa shape index (κ3) is 8.32. The topological polar surface area (TPSA) is 56.7 Å². The van der Waals surface area contributed by atoms with Crippen molar-refractivity contribution in [2.75, 3.05) is 45.5 Å². The van der Waals surface area contributed by atoms with Crippen LogP contribution in [0.15, 0.2) is 35.3 Å². The summed E-state index contributed by atoms with van der Waals surface area (Å²) in [6, 6.07) is 10.0. The van der Waals surface area contributed by atoms with Crippen LogP contribution in [0, 0.1) is 5.92 Å². The van der Waals surface area contributed by atoms with Crippen LogP contribution in [-0.4, -0.2) is 60.6 Å². The molecular weight excluding hydrogens is 344 g/mol. The molecule has 1 unspecified atom stereocenters. The average Bonchev–Trinajstić information content (AvgIpc) is 2.66. The molecule has 146 valence electrons. The Morgan fingerprint density at radius 3 is 2.58 bits per heavy atom. The highest BCUT2D eigenvalue weighted by Gasteiger charge is 2.14. The number of nitrogens with zero attached hydrogens (tertiary/aromatic N) is 2. The van der Waals surface area contributed by atoms with Crippen LogP contribution < -0.4 is 10.6 Å². The maximum Gasteiger partial charge on any atom is 0.191 e. The molecule has 0 radical (unpaired) electrons. The van der Waals surface area contributed by atoms with Gasteiger partial charge in [-0.3, -0.25) is 9.20 Å². The van der Waals surface area contributed by atoms with Gasteiger partial charge in [-0.05, 0) is 50.4 Å². The van der Waals surface area contributed by atoms with Crippen LogP contribution in [0.25, 0.3) is 0 Å². The van der Waals surface area contributed by atoms with Gasteiger partial charge >= 0.3 is 0 Å². The average molecular weight is 379 g/mol. The number of hydrogen-bond donors (Lipinski definition) is 2. The summed E-state index contributed by atoms with van der Waals surface area (Å²) < 4.78 is 12.1. The van der Waals surface area contributed by atoms with Gasteiger partial charge in [-0.2, -0.15) is 0 Å². The third-order valence-corrected chi connectivity index (χ3v) is 6.15. The molecule has 2 rings (SSSR count). The lowest BCUT2D eigenvalue weighted by molar-refractivity contribution is 0.191. The van der Waals surface area contributed by atoms with E-state index in [-0.39, 0.29) is 0 Å². The van der Waals surface area contributed by atoms with Crippen molar-refractivity contribution in [3.63, 3.8) is 0 Å². The summed E-state index contributed by atoms with van der Waals surface area (Å²) in [4.78, 5) is 6.81. The minimum absolute atomic E-state index is 0.614. The van der Waals surface area contributed by atoms with E-state index in [9.17, 15) is 4.21 Å². The monoisotopic (exact) mass is 378 g/mol. The van der Waals surface area contributed by atoms with Gasteiger partial charge in [0.15, 0.2) is 5.96 Å². The van der Waals surface area contributed by atoms with Crippen molar-refractivity contribution < 1.29 is 4.21 Å². The molecule has 1 fully saturated rings. The summed E-state index contributed by atoms with van der Waals surface area (Å²) >= 11 is 0. The number of aliphatic imine (C=N–C) groups is 1. The van der Waals surface area contributed by atoms with Crippen LogP contribution in [-0.2, 0) is 16.6 Å². The van der Waals surface area contributed by atoms with Gasteiger partial charge in [0.2, 0.25) is 0 Å². The van der Waals surface area contributed by atoms with Crippen molar-refractivity contribution >= 4 is 16.8 Å². The Hall–Kier alpha value is -1.40. The Balaban J connectivity index is 1.54. The van der Waals surface area contributed by atoms with Gasteiger partial charge in [-0.1, -0.05) is 37.3 Å². The molecule has 0 spiro atoms. The van der Waals surface area contributed by atoms with Crippen LogP contribution in [0.5, 0.6) is 0 Å². The van der Waals surface area contributed by atoms with Gasteiger partial charge < -0.3 is 15.5 Å². The minimum atomic E-state index is -0.855. The molecule has 6 heteroatoms. The predicted octanol–water partition coefficient (Wildman–Crippen LogP) is 2.22. The second kappa shape index (κ2) is 12.1.